The highest BCUT2D eigenvalue weighted by atomic mass is 16.6. The van der Waals surface area contributed by atoms with Gasteiger partial charge in [0, 0.05) is 43.7 Å². The molecule has 0 aromatic heterocycles. The van der Waals surface area contributed by atoms with Crippen LogP contribution in [0.3, 0.4) is 0 Å². The minimum Gasteiger partial charge on any atom is -0.447 e. The number of ether oxygens (including phenoxy) is 3. The molecule has 1 aliphatic carbocycles. The summed E-state index contributed by atoms with van der Waals surface area (Å²) in [4.78, 5) is 32.4. The Bertz CT molecular complexity index is 976. The molecule has 8 nitrogen and oxygen atoms in total. The summed E-state index contributed by atoms with van der Waals surface area (Å²) in [5.41, 5.74) is 2.61. The molecule has 8 heteroatoms. The Labute approximate surface area is 220 Å². The van der Waals surface area contributed by atoms with Crippen molar-refractivity contribution < 1.29 is 23.8 Å². The maximum absolute atomic E-state index is 12.9. The predicted molar refractivity (Wildman–Crippen MR) is 138 cm³/mol. The van der Waals surface area contributed by atoms with Gasteiger partial charge in [0.2, 0.25) is 0 Å². The van der Waals surface area contributed by atoms with Gasteiger partial charge in [-0.2, -0.15) is 0 Å². The molecule has 2 amide bonds. The van der Waals surface area contributed by atoms with Gasteiger partial charge in [0.05, 0.1) is 6.61 Å². The van der Waals surface area contributed by atoms with Crippen LogP contribution in [0.4, 0.5) is 9.59 Å². The van der Waals surface area contributed by atoms with Crippen molar-refractivity contribution in [2.24, 2.45) is 0 Å². The van der Waals surface area contributed by atoms with Crippen molar-refractivity contribution in [1.29, 1.82) is 0 Å². The van der Waals surface area contributed by atoms with E-state index in [-0.39, 0.29) is 30.3 Å². The molecule has 1 spiro atoms. The molecule has 1 aromatic carbocycles. The van der Waals surface area contributed by atoms with E-state index in [0.29, 0.717) is 37.8 Å². The van der Waals surface area contributed by atoms with Gasteiger partial charge in [0.15, 0.2) is 0 Å². The van der Waals surface area contributed by atoms with Crippen molar-refractivity contribution in [3.63, 3.8) is 0 Å². The van der Waals surface area contributed by atoms with Gasteiger partial charge in [-0.15, -0.1) is 0 Å². The highest BCUT2D eigenvalue weighted by molar-refractivity contribution is 5.70. The van der Waals surface area contributed by atoms with Crippen LogP contribution in [0.5, 0.6) is 0 Å². The first-order valence-corrected chi connectivity index (χ1v) is 14.3. The quantitative estimate of drug-likeness (QED) is 0.549. The molecular weight excluding hydrogens is 470 g/mol. The molecule has 1 saturated carbocycles. The molecule has 0 N–H and O–H groups in total. The van der Waals surface area contributed by atoms with Crippen molar-refractivity contribution in [1.82, 2.24) is 14.7 Å². The number of amides is 2. The summed E-state index contributed by atoms with van der Waals surface area (Å²) < 4.78 is 16.3. The van der Waals surface area contributed by atoms with Crippen LogP contribution in [-0.4, -0.2) is 91.1 Å². The summed E-state index contributed by atoms with van der Waals surface area (Å²) in [5.74, 6) is 0. The summed E-state index contributed by atoms with van der Waals surface area (Å²) in [6.45, 7) is 4.06. The molecule has 5 aliphatic rings. The Morgan fingerprint density at radius 1 is 0.946 bits per heavy atom. The van der Waals surface area contributed by atoms with Gasteiger partial charge < -0.3 is 28.9 Å². The Balaban J connectivity index is 1.10. The number of hydrogen-bond donors (Lipinski definition) is 0. The number of methoxy groups -OCH3 is 1. The maximum Gasteiger partial charge on any atom is 0.410 e. The molecule has 1 aromatic rings. The Morgan fingerprint density at radius 3 is 2.35 bits per heavy atom. The van der Waals surface area contributed by atoms with Gasteiger partial charge >= 0.3 is 12.2 Å². The smallest absolute Gasteiger partial charge is 0.410 e. The van der Waals surface area contributed by atoms with E-state index in [1.807, 2.05) is 4.90 Å². The zero-order chi connectivity index (χ0) is 25.4. The Kier molecular flexibility index (Phi) is 7.05. The van der Waals surface area contributed by atoms with Crippen LogP contribution in [0.2, 0.25) is 0 Å². The van der Waals surface area contributed by atoms with Gasteiger partial charge in [-0.1, -0.05) is 24.3 Å². The number of likely N-dealkylation sites (tertiary alicyclic amines) is 1. The predicted octanol–water partition coefficient (Wildman–Crippen LogP) is 4.30. The average Bonchev–Trinajstić information content (AvgIpc) is 3.16. The standard InChI is InChI=1S/C29H41N3O5/c1-35-15-16-36-27(33)31-19-21-5-2-3-8-26(21)29(20-31)11-13-30(14-12-29)24-17-22-9-10-23(18-24)32(22)28(34)37-25-6-4-7-25/h2-3,5,8,22-25H,4,6-7,9-20H2,1H3. The third kappa shape index (κ3) is 4.83. The third-order valence-corrected chi connectivity index (χ3v) is 9.72. The van der Waals surface area contributed by atoms with Gasteiger partial charge in [0.1, 0.15) is 12.7 Å². The summed E-state index contributed by atoms with van der Waals surface area (Å²) >= 11 is 0. The highest BCUT2D eigenvalue weighted by Gasteiger charge is 2.49. The normalized spacial score (nSPS) is 29.1. The Morgan fingerprint density at radius 2 is 1.68 bits per heavy atom. The molecule has 3 saturated heterocycles. The monoisotopic (exact) mass is 511 g/mol. The molecule has 4 heterocycles. The molecule has 4 fully saturated rings. The van der Waals surface area contributed by atoms with Crippen LogP contribution in [-0.2, 0) is 26.2 Å². The largest absolute Gasteiger partial charge is 0.447 e. The minimum atomic E-state index is -0.244. The van der Waals surface area contributed by atoms with Crippen molar-refractivity contribution >= 4 is 12.2 Å². The lowest BCUT2D eigenvalue weighted by Gasteiger charge is -2.51. The molecule has 37 heavy (non-hydrogen) atoms. The van der Waals surface area contributed by atoms with Gasteiger partial charge in [-0.3, -0.25) is 0 Å². The first-order valence-electron chi connectivity index (χ1n) is 14.3. The number of rotatable bonds is 5. The molecule has 2 atom stereocenters. The SMILES string of the molecule is COCCOC(=O)N1Cc2ccccc2C2(CCN(C3CC4CCC(C3)N4C(=O)OC3CCC3)CC2)C1. The number of carbonyl (C=O) groups is 2. The van der Waals surface area contributed by atoms with Crippen LogP contribution in [0.25, 0.3) is 0 Å². The van der Waals surface area contributed by atoms with Crippen molar-refractivity contribution in [3.05, 3.63) is 35.4 Å². The number of carbonyl (C=O) groups excluding carboxylic acids is 2. The zero-order valence-corrected chi connectivity index (χ0v) is 22.1. The summed E-state index contributed by atoms with van der Waals surface area (Å²) in [6.07, 6.45) is 9.45. The first kappa shape index (κ1) is 25.0. The number of nitrogens with zero attached hydrogens (tertiary/aromatic N) is 3. The second-order valence-corrected chi connectivity index (χ2v) is 11.8. The van der Waals surface area contributed by atoms with Crippen LogP contribution in [0.15, 0.2) is 24.3 Å². The number of piperidine rings is 2. The second kappa shape index (κ2) is 10.4. The highest BCUT2D eigenvalue weighted by Crippen LogP contribution is 2.45. The van der Waals surface area contributed by atoms with Gasteiger partial charge in [0.25, 0.3) is 0 Å². The van der Waals surface area contributed by atoms with Crippen LogP contribution in [0, 0.1) is 0 Å². The number of benzene rings is 1. The van der Waals surface area contributed by atoms with Crippen molar-refractivity contribution in [2.45, 2.75) is 94.0 Å². The molecule has 6 rings (SSSR count). The van der Waals surface area contributed by atoms with Gasteiger partial charge in [-0.05, 0) is 82.0 Å². The zero-order valence-electron chi connectivity index (χ0n) is 22.1. The van der Waals surface area contributed by atoms with Crippen LogP contribution >= 0.6 is 0 Å². The molecule has 2 bridgehead atoms. The van der Waals surface area contributed by atoms with Crippen molar-refractivity contribution in [3.8, 4) is 0 Å². The van der Waals surface area contributed by atoms with E-state index in [9.17, 15) is 9.59 Å². The van der Waals surface area contributed by atoms with Crippen LogP contribution in [0.1, 0.15) is 68.9 Å². The van der Waals surface area contributed by atoms with E-state index in [4.69, 9.17) is 14.2 Å². The molecule has 0 radical (unpaired) electrons. The van der Waals surface area contributed by atoms with E-state index in [1.54, 1.807) is 7.11 Å². The lowest BCUT2D eigenvalue weighted by molar-refractivity contribution is -0.00853. The minimum absolute atomic E-state index is 0.0299. The fourth-order valence-corrected chi connectivity index (χ4v) is 7.50. The molecular formula is C29H41N3O5. The molecule has 2 unspecified atom stereocenters. The summed E-state index contributed by atoms with van der Waals surface area (Å²) in [7, 11) is 1.62. The first-order chi connectivity index (χ1) is 18.1. The van der Waals surface area contributed by atoms with E-state index in [2.05, 4.69) is 34.1 Å². The number of hydrogen-bond acceptors (Lipinski definition) is 6. The second-order valence-electron chi connectivity index (χ2n) is 11.8. The molecule has 4 aliphatic heterocycles. The topological polar surface area (TPSA) is 71.6 Å². The van der Waals surface area contributed by atoms with E-state index in [0.717, 1.165) is 64.5 Å². The fourth-order valence-electron chi connectivity index (χ4n) is 7.50. The lowest BCUT2D eigenvalue weighted by Crippen LogP contribution is -2.58. The summed E-state index contributed by atoms with van der Waals surface area (Å²) in [5, 5.41) is 0. The Hall–Kier alpha value is -2.32. The van der Waals surface area contributed by atoms with E-state index >= 15 is 0 Å². The van der Waals surface area contributed by atoms with E-state index < -0.39 is 0 Å². The fraction of sp³-hybridized carbons (Fsp3) is 0.724. The lowest BCUT2D eigenvalue weighted by atomic mass is 9.68. The maximum atomic E-state index is 12.9. The van der Waals surface area contributed by atoms with E-state index in [1.165, 1.54) is 17.5 Å². The summed E-state index contributed by atoms with van der Waals surface area (Å²) in [6, 6.07) is 9.80. The third-order valence-electron chi connectivity index (χ3n) is 9.72. The average molecular weight is 512 g/mol. The molecule has 202 valence electrons. The van der Waals surface area contributed by atoms with Gasteiger partial charge in [-0.25, -0.2) is 9.59 Å². The number of fused-ring (bicyclic) bond motifs is 4. The van der Waals surface area contributed by atoms with Crippen molar-refractivity contribution in [2.75, 3.05) is 40.0 Å². The van der Waals surface area contributed by atoms with Crippen LogP contribution < -0.4 is 0 Å².